The zero-order valence-corrected chi connectivity index (χ0v) is 10.8. The Morgan fingerprint density at radius 2 is 1.50 bits per heavy atom. The van der Waals surface area contributed by atoms with Gasteiger partial charge in [-0.3, -0.25) is 4.79 Å². The van der Waals surface area contributed by atoms with E-state index in [1.165, 1.54) is 6.92 Å². The molecule has 3 nitrogen and oxygen atoms in total. The van der Waals surface area contributed by atoms with Crippen LogP contribution >= 0.6 is 0 Å². The van der Waals surface area contributed by atoms with Crippen LogP contribution in [-0.2, 0) is 12.8 Å². The van der Waals surface area contributed by atoms with Crippen LogP contribution in [0.4, 0.5) is 0 Å². The van der Waals surface area contributed by atoms with Crippen LogP contribution < -0.4 is 0 Å². The van der Waals surface area contributed by atoms with Crippen LogP contribution in [-0.4, -0.2) is 16.0 Å². The summed E-state index contributed by atoms with van der Waals surface area (Å²) in [5.74, 6) is -0.656. The number of hydrogen-bond donors (Lipinski definition) is 2. The van der Waals surface area contributed by atoms with Crippen molar-refractivity contribution in [3.63, 3.8) is 0 Å². The van der Waals surface area contributed by atoms with Gasteiger partial charge in [0.05, 0.1) is 0 Å². The van der Waals surface area contributed by atoms with Crippen LogP contribution in [0, 0.1) is 6.92 Å². The molecule has 0 bridgehead atoms. The molecule has 0 heterocycles. The number of aromatic hydroxyl groups is 2. The predicted molar refractivity (Wildman–Crippen MR) is 72.3 cm³/mol. The van der Waals surface area contributed by atoms with Crippen molar-refractivity contribution in [2.45, 2.75) is 26.7 Å². The van der Waals surface area contributed by atoms with Crippen molar-refractivity contribution in [3.05, 3.63) is 47.6 Å². The van der Waals surface area contributed by atoms with E-state index < -0.39 is 0 Å². The van der Waals surface area contributed by atoms with Crippen LogP contribution in [0.2, 0.25) is 0 Å². The van der Waals surface area contributed by atoms with Crippen molar-refractivity contribution < 1.29 is 15.0 Å². The van der Waals surface area contributed by atoms with Gasteiger partial charge in [-0.15, -0.1) is 13.2 Å². The lowest BCUT2D eigenvalue weighted by atomic mass is 9.91. The molecule has 0 unspecified atom stereocenters. The van der Waals surface area contributed by atoms with Gasteiger partial charge in [0, 0.05) is 11.1 Å². The van der Waals surface area contributed by atoms with Crippen LogP contribution in [0.5, 0.6) is 11.5 Å². The Kier molecular flexibility index (Phi) is 4.32. The number of benzene rings is 1. The van der Waals surface area contributed by atoms with Crippen LogP contribution in [0.15, 0.2) is 25.3 Å². The SMILES string of the molecule is C=CCc1c(C)c(CC=C)c(O)c(C(C)=O)c1O. The summed E-state index contributed by atoms with van der Waals surface area (Å²) in [6, 6.07) is 0. The maximum absolute atomic E-state index is 11.5. The van der Waals surface area contributed by atoms with Gasteiger partial charge in [-0.2, -0.15) is 0 Å². The molecule has 0 fully saturated rings. The molecule has 96 valence electrons. The number of carbonyl (C=O) groups excluding carboxylic acids is 1. The number of allylic oxidation sites excluding steroid dienone is 2. The van der Waals surface area contributed by atoms with E-state index in [0.717, 1.165) is 5.56 Å². The lowest BCUT2D eigenvalue weighted by Gasteiger charge is -2.17. The monoisotopic (exact) mass is 246 g/mol. The van der Waals surface area contributed by atoms with Gasteiger partial charge < -0.3 is 10.2 Å². The summed E-state index contributed by atoms with van der Waals surface area (Å²) >= 11 is 0. The second-order valence-electron chi connectivity index (χ2n) is 4.20. The highest BCUT2D eigenvalue weighted by molar-refractivity contribution is 6.00. The van der Waals surface area contributed by atoms with E-state index in [9.17, 15) is 15.0 Å². The Morgan fingerprint density at radius 3 is 1.78 bits per heavy atom. The number of Topliss-reactive ketones (excluding diaryl/α,β-unsaturated/α-hetero) is 1. The summed E-state index contributed by atoms with van der Waals surface area (Å²) in [6.45, 7) is 10.4. The molecule has 0 atom stereocenters. The second-order valence-corrected chi connectivity index (χ2v) is 4.20. The zero-order chi connectivity index (χ0) is 13.9. The molecule has 0 aromatic heterocycles. The molecule has 1 aromatic rings. The van der Waals surface area contributed by atoms with E-state index in [2.05, 4.69) is 13.2 Å². The van der Waals surface area contributed by atoms with Crippen molar-refractivity contribution in [2.24, 2.45) is 0 Å². The first-order chi connectivity index (χ1) is 8.45. The van der Waals surface area contributed by atoms with Gasteiger partial charge in [0.15, 0.2) is 5.78 Å². The number of ketones is 1. The zero-order valence-electron chi connectivity index (χ0n) is 10.8. The molecule has 0 aliphatic rings. The van der Waals surface area contributed by atoms with Crippen molar-refractivity contribution in [1.82, 2.24) is 0 Å². The van der Waals surface area contributed by atoms with Gasteiger partial charge in [-0.1, -0.05) is 12.2 Å². The minimum absolute atomic E-state index is 0.0192. The molecule has 1 aromatic carbocycles. The Labute approximate surface area is 107 Å². The summed E-state index contributed by atoms with van der Waals surface area (Å²) in [5, 5.41) is 20.2. The molecule has 0 aliphatic heterocycles. The third-order valence-corrected chi connectivity index (χ3v) is 3.00. The van der Waals surface area contributed by atoms with Crippen LogP contribution in [0.3, 0.4) is 0 Å². The topological polar surface area (TPSA) is 57.5 Å². The average Bonchev–Trinajstić information content (AvgIpc) is 2.30. The predicted octanol–water partition coefficient (Wildman–Crippen LogP) is 3.07. The number of phenolic OH excluding ortho intramolecular Hbond substituents is 2. The number of hydrogen-bond acceptors (Lipinski definition) is 3. The van der Waals surface area contributed by atoms with Crippen LogP contribution in [0.25, 0.3) is 0 Å². The molecular weight excluding hydrogens is 228 g/mol. The fraction of sp³-hybridized carbons (Fsp3) is 0.267. The third-order valence-electron chi connectivity index (χ3n) is 3.00. The van der Waals surface area contributed by atoms with Gasteiger partial charge >= 0.3 is 0 Å². The van der Waals surface area contributed by atoms with Crippen molar-refractivity contribution in [3.8, 4) is 11.5 Å². The molecule has 3 heteroatoms. The maximum Gasteiger partial charge on any atom is 0.167 e. The minimum atomic E-state index is -0.361. The summed E-state index contributed by atoms with van der Waals surface area (Å²) in [5.41, 5.74) is 2.01. The summed E-state index contributed by atoms with van der Waals surface area (Å²) in [4.78, 5) is 11.5. The normalized spacial score (nSPS) is 10.1. The van der Waals surface area contributed by atoms with Gasteiger partial charge in [0.25, 0.3) is 0 Å². The molecule has 0 saturated carbocycles. The highest BCUT2D eigenvalue weighted by atomic mass is 16.3. The number of rotatable bonds is 5. The van der Waals surface area contributed by atoms with Crippen LogP contribution in [0.1, 0.15) is 34.0 Å². The second kappa shape index (κ2) is 5.54. The summed E-state index contributed by atoms with van der Waals surface area (Å²) in [7, 11) is 0. The van der Waals surface area contributed by atoms with E-state index >= 15 is 0 Å². The maximum atomic E-state index is 11.5. The first-order valence-corrected chi connectivity index (χ1v) is 5.74. The summed E-state index contributed by atoms with van der Waals surface area (Å²) < 4.78 is 0. The quantitative estimate of drug-likeness (QED) is 0.620. The molecular formula is C15H18O3. The number of carbonyl (C=O) groups is 1. The number of phenols is 2. The van der Waals surface area contributed by atoms with E-state index in [-0.39, 0.29) is 22.8 Å². The fourth-order valence-corrected chi connectivity index (χ4v) is 2.07. The lowest BCUT2D eigenvalue weighted by Crippen LogP contribution is -2.04. The van der Waals surface area contributed by atoms with Gasteiger partial charge in [0.2, 0.25) is 0 Å². The summed E-state index contributed by atoms with van der Waals surface area (Å²) in [6.07, 6.45) is 4.20. The third kappa shape index (κ3) is 2.30. The molecule has 18 heavy (non-hydrogen) atoms. The van der Waals surface area contributed by atoms with Gasteiger partial charge in [-0.25, -0.2) is 0 Å². The van der Waals surface area contributed by atoms with E-state index in [1.807, 2.05) is 0 Å². The van der Waals surface area contributed by atoms with Crippen molar-refractivity contribution in [1.29, 1.82) is 0 Å². The van der Waals surface area contributed by atoms with E-state index in [0.29, 0.717) is 24.0 Å². The largest absolute Gasteiger partial charge is 0.507 e. The first-order valence-electron chi connectivity index (χ1n) is 5.74. The molecule has 0 spiro atoms. The molecule has 1 rings (SSSR count). The van der Waals surface area contributed by atoms with E-state index in [1.54, 1.807) is 19.1 Å². The van der Waals surface area contributed by atoms with E-state index in [4.69, 9.17) is 0 Å². The molecule has 0 radical (unpaired) electrons. The Morgan fingerprint density at radius 1 is 1.11 bits per heavy atom. The Balaban J connectivity index is 3.68. The smallest absolute Gasteiger partial charge is 0.167 e. The molecule has 0 aliphatic carbocycles. The van der Waals surface area contributed by atoms with Gasteiger partial charge in [-0.05, 0) is 32.3 Å². The standard InChI is InChI=1S/C15H18O3/c1-5-7-11-9(3)12(8-6-2)15(18)13(10(4)16)14(11)17/h5-6,17-18H,1-2,7-8H2,3-4H3. The average molecular weight is 246 g/mol. The minimum Gasteiger partial charge on any atom is -0.507 e. The lowest BCUT2D eigenvalue weighted by molar-refractivity contribution is 0.101. The van der Waals surface area contributed by atoms with Crippen molar-refractivity contribution >= 4 is 5.78 Å². The van der Waals surface area contributed by atoms with Crippen molar-refractivity contribution in [2.75, 3.05) is 0 Å². The Hall–Kier alpha value is -2.03. The van der Waals surface area contributed by atoms with Gasteiger partial charge in [0.1, 0.15) is 17.1 Å². The molecule has 0 amide bonds. The molecule has 2 N–H and O–H groups in total. The molecule has 0 saturated heterocycles. The highest BCUT2D eigenvalue weighted by Gasteiger charge is 2.22. The Bertz CT molecular complexity index is 476. The highest BCUT2D eigenvalue weighted by Crippen LogP contribution is 2.38. The first kappa shape index (κ1) is 14.0. The fourth-order valence-electron chi connectivity index (χ4n) is 2.07.